The Morgan fingerprint density at radius 2 is 2.33 bits per heavy atom. The third-order valence-corrected chi connectivity index (χ3v) is 3.71. The van der Waals surface area contributed by atoms with E-state index in [1.807, 2.05) is 12.3 Å². The van der Waals surface area contributed by atoms with Crippen LogP contribution in [0.2, 0.25) is 0 Å². The van der Waals surface area contributed by atoms with Crippen LogP contribution < -0.4 is 5.32 Å². The lowest BCUT2D eigenvalue weighted by Gasteiger charge is -2.25. The van der Waals surface area contributed by atoms with Gasteiger partial charge in [0.1, 0.15) is 0 Å². The van der Waals surface area contributed by atoms with Gasteiger partial charge < -0.3 is 5.32 Å². The second-order valence-corrected chi connectivity index (χ2v) is 4.67. The van der Waals surface area contributed by atoms with Crippen LogP contribution in [0.25, 0.3) is 0 Å². The third kappa shape index (κ3) is 1.58. The lowest BCUT2D eigenvalue weighted by molar-refractivity contribution is 0.565. The molecule has 0 fully saturated rings. The topological polar surface area (TPSA) is 24.9 Å². The summed E-state index contributed by atoms with van der Waals surface area (Å²) in [6.45, 7) is 1.02. The van der Waals surface area contributed by atoms with Crippen molar-refractivity contribution in [2.45, 2.75) is 12.5 Å². The van der Waals surface area contributed by atoms with Gasteiger partial charge in [0.2, 0.25) is 0 Å². The Hall–Kier alpha value is -1.19. The molecule has 3 heteroatoms. The average Bonchev–Trinajstić information content (AvgIpc) is 2.82. The molecule has 1 atom stereocenters. The molecule has 0 amide bonds. The highest BCUT2D eigenvalue weighted by Crippen LogP contribution is 2.29. The molecule has 15 heavy (non-hydrogen) atoms. The summed E-state index contributed by atoms with van der Waals surface area (Å²) < 4.78 is 0. The smallest absolute Gasteiger partial charge is 0.0689 e. The van der Waals surface area contributed by atoms with Crippen molar-refractivity contribution in [2.75, 3.05) is 6.54 Å². The summed E-state index contributed by atoms with van der Waals surface area (Å²) in [7, 11) is 0. The quantitative estimate of drug-likeness (QED) is 0.791. The zero-order valence-corrected chi connectivity index (χ0v) is 9.13. The molecular weight excluding hydrogens is 204 g/mol. The number of pyridine rings is 1. The molecule has 0 saturated carbocycles. The van der Waals surface area contributed by atoms with Crippen LogP contribution in [0.4, 0.5) is 0 Å². The van der Waals surface area contributed by atoms with Crippen molar-refractivity contribution in [3.05, 3.63) is 52.0 Å². The van der Waals surface area contributed by atoms with Gasteiger partial charge in [0.25, 0.3) is 0 Å². The molecule has 0 bridgehead atoms. The minimum Gasteiger partial charge on any atom is -0.305 e. The summed E-state index contributed by atoms with van der Waals surface area (Å²) >= 11 is 1.80. The molecule has 3 heterocycles. The van der Waals surface area contributed by atoms with E-state index in [0.717, 1.165) is 13.0 Å². The van der Waals surface area contributed by atoms with Crippen LogP contribution >= 0.6 is 11.3 Å². The first-order valence-corrected chi connectivity index (χ1v) is 6.04. The van der Waals surface area contributed by atoms with Gasteiger partial charge >= 0.3 is 0 Å². The Labute approximate surface area is 93.0 Å². The maximum Gasteiger partial charge on any atom is 0.0689 e. The van der Waals surface area contributed by atoms with Crippen LogP contribution in [-0.4, -0.2) is 11.5 Å². The number of rotatable bonds is 1. The zero-order valence-electron chi connectivity index (χ0n) is 8.31. The summed E-state index contributed by atoms with van der Waals surface area (Å²) in [5.74, 6) is 0. The van der Waals surface area contributed by atoms with Gasteiger partial charge in [-0.05, 0) is 23.1 Å². The molecule has 2 aromatic heterocycles. The molecule has 1 N–H and O–H groups in total. The molecule has 1 unspecified atom stereocenters. The second-order valence-electron chi connectivity index (χ2n) is 3.69. The van der Waals surface area contributed by atoms with Gasteiger partial charge in [0, 0.05) is 29.7 Å². The molecule has 0 aromatic carbocycles. The molecule has 1 aliphatic rings. The van der Waals surface area contributed by atoms with Crippen molar-refractivity contribution in [3.8, 4) is 0 Å². The molecule has 0 saturated heterocycles. The number of fused-ring (bicyclic) bond motifs is 1. The molecule has 0 spiro atoms. The largest absolute Gasteiger partial charge is 0.305 e. The van der Waals surface area contributed by atoms with Crippen molar-refractivity contribution in [1.29, 1.82) is 0 Å². The first-order valence-electron chi connectivity index (χ1n) is 5.16. The monoisotopic (exact) mass is 216 g/mol. The van der Waals surface area contributed by atoms with E-state index in [0.29, 0.717) is 6.04 Å². The standard InChI is InChI=1S/C12H12N2S/c1-3-9-10(13-6-1)5-7-14-12(9)11-4-2-8-15-11/h1-4,6,8,12,14H,5,7H2. The van der Waals surface area contributed by atoms with E-state index in [1.54, 1.807) is 11.3 Å². The maximum absolute atomic E-state index is 4.44. The molecule has 0 aliphatic carbocycles. The van der Waals surface area contributed by atoms with E-state index in [9.17, 15) is 0 Å². The number of nitrogens with zero attached hydrogens (tertiary/aromatic N) is 1. The molecule has 3 rings (SSSR count). The molecule has 1 aliphatic heterocycles. The lowest BCUT2D eigenvalue weighted by Crippen LogP contribution is -2.30. The Bertz CT molecular complexity index is 450. The number of hydrogen-bond donors (Lipinski definition) is 1. The predicted molar refractivity (Wildman–Crippen MR) is 62.1 cm³/mol. The first kappa shape index (κ1) is 9.07. The summed E-state index contributed by atoms with van der Waals surface area (Å²) in [5.41, 5.74) is 2.58. The van der Waals surface area contributed by atoms with Gasteiger partial charge in [0.15, 0.2) is 0 Å². The minimum absolute atomic E-state index is 0.349. The van der Waals surface area contributed by atoms with Crippen LogP contribution in [0.15, 0.2) is 35.8 Å². The first-order chi connectivity index (χ1) is 7.45. The van der Waals surface area contributed by atoms with E-state index in [-0.39, 0.29) is 0 Å². The number of aromatic nitrogens is 1. The Morgan fingerprint density at radius 1 is 1.33 bits per heavy atom. The molecule has 2 nitrogen and oxygen atoms in total. The van der Waals surface area contributed by atoms with E-state index >= 15 is 0 Å². The Balaban J connectivity index is 2.06. The van der Waals surface area contributed by atoms with Crippen molar-refractivity contribution >= 4 is 11.3 Å². The van der Waals surface area contributed by atoms with Crippen LogP contribution in [0.5, 0.6) is 0 Å². The lowest BCUT2D eigenvalue weighted by atomic mass is 9.98. The van der Waals surface area contributed by atoms with Crippen LogP contribution in [-0.2, 0) is 6.42 Å². The fourth-order valence-electron chi connectivity index (χ4n) is 2.08. The second kappa shape index (κ2) is 3.76. The van der Waals surface area contributed by atoms with Gasteiger partial charge in [-0.25, -0.2) is 0 Å². The number of nitrogens with one attached hydrogen (secondary N) is 1. The predicted octanol–water partition coefficient (Wildman–Crippen LogP) is 2.38. The fraction of sp³-hybridized carbons (Fsp3) is 0.250. The summed E-state index contributed by atoms with van der Waals surface area (Å²) in [6.07, 6.45) is 2.92. The molecular formula is C12H12N2S. The van der Waals surface area contributed by atoms with Crippen LogP contribution in [0.3, 0.4) is 0 Å². The summed E-state index contributed by atoms with van der Waals surface area (Å²) in [6, 6.07) is 8.84. The highest BCUT2D eigenvalue weighted by molar-refractivity contribution is 7.10. The highest BCUT2D eigenvalue weighted by Gasteiger charge is 2.21. The van der Waals surface area contributed by atoms with E-state index in [1.165, 1.54) is 16.1 Å². The Kier molecular flexibility index (Phi) is 2.27. The number of hydrogen-bond acceptors (Lipinski definition) is 3. The minimum atomic E-state index is 0.349. The summed E-state index contributed by atoms with van der Waals surface area (Å²) in [5, 5.41) is 5.67. The van der Waals surface area contributed by atoms with Crippen molar-refractivity contribution in [3.63, 3.8) is 0 Å². The van der Waals surface area contributed by atoms with Crippen molar-refractivity contribution in [1.82, 2.24) is 10.3 Å². The third-order valence-electron chi connectivity index (χ3n) is 2.77. The SMILES string of the molecule is c1csc(C2NCCc3ncccc32)c1. The van der Waals surface area contributed by atoms with E-state index < -0.39 is 0 Å². The molecule has 76 valence electrons. The van der Waals surface area contributed by atoms with Gasteiger partial charge in [-0.3, -0.25) is 4.98 Å². The van der Waals surface area contributed by atoms with E-state index in [2.05, 4.69) is 33.9 Å². The molecule has 0 radical (unpaired) electrons. The van der Waals surface area contributed by atoms with E-state index in [4.69, 9.17) is 0 Å². The van der Waals surface area contributed by atoms with Gasteiger partial charge in [-0.1, -0.05) is 12.1 Å². The van der Waals surface area contributed by atoms with Gasteiger partial charge in [-0.15, -0.1) is 11.3 Å². The normalized spacial score (nSPS) is 19.9. The highest BCUT2D eigenvalue weighted by atomic mass is 32.1. The van der Waals surface area contributed by atoms with Crippen molar-refractivity contribution in [2.24, 2.45) is 0 Å². The van der Waals surface area contributed by atoms with Gasteiger partial charge in [-0.2, -0.15) is 0 Å². The molecule has 2 aromatic rings. The Morgan fingerprint density at radius 3 is 3.20 bits per heavy atom. The zero-order chi connectivity index (χ0) is 10.1. The average molecular weight is 216 g/mol. The van der Waals surface area contributed by atoms with Crippen LogP contribution in [0, 0.1) is 0 Å². The van der Waals surface area contributed by atoms with Crippen LogP contribution in [0.1, 0.15) is 22.2 Å². The van der Waals surface area contributed by atoms with Gasteiger partial charge in [0.05, 0.1) is 6.04 Å². The fourth-order valence-corrected chi connectivity index (χ4v) is 2.89. The van der Waals surface area contributed by atoms with Crippen molar-refractivity contribution < 1.29 is 0 Å². The maximum atomic E-state index is 4.44. The number of thiophene rings is 1. The summed E-state index contributed by atoms with van der Waals surface area (Å²) in [4.78, 5) is 5.82.